The number of ether oxygens (including phenoxy) is 1. The molecule has 2 aromatic carbocycles. The third-order valence-electron chi connectivity index (χ3n) is 4.79. The number of hydrogen-bond donors (Lipinski definition) is 1. The average Bonchev–Trinajstić information content (AvgIpc) is 3.31. The molecule has 0 bridgehead atoms. The lowest BCUT2D eigenvalue weighted by atomic mass is 10.1. The van der Waals surface area contributed by atoms with Gasteiger partial charge in [-0.2, -0.15) is 0 Å². The highest BCUT2D eigenvalue weighted by atomic mass is 16.5. The molecule has 0 aliphatic carbocycles. The lowest BCUT2D eigenvalue weighted by Crippen LogP contribution is -2.37. The number of hydrogen-bond acceptors (Lipinski definition) is 5. The van der Waals surface area contributed by atoms with E-state index in [9.17, 15) is 9.59 Å². The fourth-order valence-electron chi connectivity index (χ4n) is 3.35. The molecule has 31 heavy (non-hydrogen) atoms. The van der Waals surface area contributed by atoms with Gasteiger partial charge >= 0.3 is 0 Å². The molecule has 0 aliphatic heterocycles. The molecule has 7 nitrogen and oxygen atoms in total. The van der Waals surface area contributed by atoms with Crippen molar-refractivity contribution in [2.24, 2.45) is 0 Å². The van der Waals surface area contributed by atoms with Crippen LogP contribution in [0.4, 0.5) is 5.69 Å². The van der Waals surface area contributed by atoms with E-state index in [1.165, 1.54) is 18.3 Å². The molecule has 0 spiro atoms. The molecule has 2 aromatic heterocycles. The Morgan fingerprint density at radius 1 is 1.03 bits per heavy atom. The Bertz CT molecular complexity index is 1200. The quantitative estimate of drug-likeness (QED) is 0.491. The number of benzene rings is 2. The van der Waals surface area contributed by atoms with E-state index in [-0.39, 0.29) is 24.9 Å². The van der Waals surface area contributed by atoms with E-state index in [0.717, 1.165) is 5.39 Å². The second-order valence-corrected chi connectivity index (χ2v) is 6.87. The zero-order valence-corrected chi connectivity index (χ0v) is 16.9. The number of aromatic nitrogens is 1. The minimum absolute atomic E-state index is 0.147. The van der Waals surface area contributed by atoms with Gasteiger partial charge in [0.1, 0.15) is 18.1 Å². The summed E-state index contributed by atoms with van der Waals surface area (Å²) in [7, 11) is 1.53. The number of nitrogens with one attached hydrogen (secondary N) is 1. The molecule has 2 heterocycles. The van der Waals surface area contributed by atoms with Gasteiger partial charge in [-0.05, 0) is 36.4 Å². The largest absolute Gasteiger partial charge is 0.495 e. The Morgan fingerprint density at radius 3 is 2.68 bits per heavy atom. The van der Waals surface area contributed by atoms with Crippen molar-refractivity contribution in [2.45, 2.75) is 6.54 Å². The number of methoxy groups -OCH3 is 1. The molecule has 4 aromatic rings. The fourth-order valence-corrected chi connectivity index (χ4v) is 3.35. The lowest BCUT2D eigenvalue weighted by molar-refractivity contribution is -0.117. The highest BCUT2D eigenvalue weighted by Gasteiger charge is 2.23. The van der Waals surface area contributed by atoms with Crippen molar-refractivity contribution in [2.75, 3.05) is 19.0 Å². The normalized spacial score (nSPS) is 10.6. The van der Waals surface area contributed by atoms with Crippen LogP contribution >= 0.6 is 0 Å². The second kappa shape index (κ2) is 9.13. The van der Waals surface area contributed by atoms with Crippen LogP contribution in [0.25, 0.3) is 10.9 Å². The number of anilines is 1. The standard InChI is InChI=1S/C24H21N3O4/c1-30-21-12-3-2-11-20(21)26-22(28)16-27(15-18-9-6-14-31-18)24(29)19-10-4-7-17-8-5-13-25-23(17)19/h2-14H,15-16H2,1H3,(H,26,28). The van der Waals surface area contributed by atoms with Gasteiger partial charge in [0.2, 0.25) is 5.91 Å². The molecule has 7 heteroatoms. The molecule has 0 saturated heterocycles. The number of para-hydroxylation sites is 3. The molecule has 0 radical (unpaired) electrons. The topological polar surface area (TPSA) is 84.7 Å². The molecular formula is C24H21N3O4. The number of fused-ring (bicyclic) bond motifs is 1. The van der Waals surface area contributed by atoms with E-state index in [2.05, 4.69) is 10.3 Å². The lowest BCUT2D eigenvalue weighted by Gasteiger charge is -2.22. The van der Waals surface area contributed by atoms with Crippen LogP contribution in [0.3, 0.4) is 0 Å². The Morgan fingerprint density at radius 2 is 1.87 bits per heavy atom. The summed E-state index contributed by atoms with van der Waals surface area (Å²) in [6.07, 6.45) is 3.18. The van der Waals surface area contributed by atoms with E-state index < -0.39 is 0 Å². The number of pyridine rings is 1. The first-order valence-corrected chi connectivity index (χ1v) is 9.74. The molecule has 156 valence electrons. The van der Waals surface area contributed by atoms with E-state index in [1.807, 2.05) is 24.3 Å². The summed E-state index contributed by atoms with van der Waals surface area (Å²) in [5, 5.41) is 3.66. The van der Waals surface area contributed by atoms with Crippen LogP contribution in [0.15, 0.2) is 83.6 Å². The van der Waals surface area contributed by atoms with E-state index >= 15 is 0 Å². The number of furan rings is 1. The highest BCUT2D eigenvalue weighted by molar-refractivity contribution is 6.07. The first kappa shape index (κ1) is 20.2. The van der Waals surface area contributed by atoms with Gasteiger partial charge in [-0.3, -0.25) is 14.6 Å². The van der Waals surface area contributed by atoms with Crippen molar-refractivity contribution >= 4 is 28.4 Å². The smallest absolute Gasteiger partial charge is 0.256 e. The van der Waals surface area contributed by atoms with Crippen molar-refractivity contribution < 1.29 is 18.7 Å². The zero-order chi connectivity index (χ0) is 21.6. The Labute approximate surface area is 179 Å². The highest BCUT2D eigenvalue weighted by Crippen LogP contribution is 2.23. The minimum atomic E-state index is -0.349. The maximum absolute atomic E-state index is 13.4. The molecule has 4 rings (SSSR count). The van der Waals surface area contributed by atoms with Gasteiger partial charge in [-0.15, -0.1) is 0 Å². The predicted molar refractivity (Wildman–Crippen MR) is 117 cm³/mol. The molecule has 2 amide bonds. The van der Waals surface area contributed by atoms with Gasteiger partial charge < -0.3 is 19.4 Å². The van der Waals surface area contributed by atoms with Crippen LogP contribution < -0.4 is 10.1 Å². The third kappa shape index (κ3) is 4.56. The summed E-state index contributed by atoms with van der Waals surface area (Å²) in [5.41, 5.74) is 1.55. The zero-order valence-electron chi connectivity index (χ0n) is 16.9. The van der Waals surface area contributed by atoms with Crippen molar-refractivity contribution in [3.63, 3.8) is 0 Å². The molecule has 0 saturated carbocycles. The molecule has 1 N–H and O–H groups in total. The third-order valence-corrected chi connectivity index (χ3v) is 4.79. The first-order chi connectivity index (χ1) is 15.2. The summed E-state index contributed by atoms with van der Waals surface area (Å²) in [6.45, 7) is -0.0186. The van der Waals surface area contributed by atoms with Gasteiger partial charge in [0, 0.05) is 11.6 Å². The number of carbonyl (C=O) groups excluding carboxylic acids is 2. The molecule has 0 atom stereocenters. The van der Waals surface area contributed by atoms with E-state index in [4.69, 9.17) is 9.15 Å². The van der Waals surface area contributed by atoms with Crippen molar-refractivity contribution in [3.8, 4) is 5.75 Å². The summed E-state index contributed by atoms with van der Waals surface area (Å²) >= 11 is 0. The first-order valence-electron chi connectivity index (χ1n) is 9.74. The Balaban J connectivity index is 1.61. The second-order valence-electron chi connectivity index (χ2n) is 6.87. The van der Waals surface area contributed by atoms with Crippen molar-refractivity contribution in [3.05, 3.63) is 90.5 Å². The monoisotopic (exact) mass is 415 g/mol. The molecule has 0 fully saturated rings. The van der Waals surface area contributed by atoms with Gasteiger partial charge in [0.25, 0.3) is 5.91 Å². The van der Waals surface area contributed by atoms with Crippen LogP contribution in [-0.2, 0) is 11.3 Å². The van der Waals surface area contributed by atoms with Gasteiger partial charge in [-0.25, -0.2) is 0 Å². The fraction of sp³-hybridized carbons (Fsp3) is 0.125. The Hall–Kier alpha value is -4.13. The summed E-state index contributed by atoms with van der Waals surface area (Å²) in [5.74, 6) is 0.457. The van der Waals surface area contributed by atoms with Crippen LogP contribution in [0.2, 0.25) is 0 Å². The maximum atomic E-state index is 13.4. The maximum Gasteiger partial charge on any atom is 0.256 e. The average molecular weight is 415 g/mol. The van der Waals surface area contributed by atoms with Gasteiger partial charge in [-0.1, -0.05) is 30.3 Å². The van der Waals surface area contributed by atoms with Crippen molar-refractivity contribution in [1.82, 2.24) is 9.88 Å². The van der Waals surface area contributed by atoms with Crippen LogP contribution in [0.1, 0.15) is 16.1 Å². The number of amides is 2. The predicted octanol–water partition coefficient (Wildman–Crippen LogP) is 4.12. The number of carbonyl (C=O) groups is 2. The molecule has 0 aliphatic rings. The number of nitrogens with zero attached hydrogens (tertiary/aromatic N) is 2. The van der Waals surface area contributed by atoms with Gasteiger partial charge in [0.15, 0.2) is 0 Å². The SMILES string of the molecule is COc1ccccc1NC(=O)CN(Cc1ccco1)C(=O)c1cccc2cccnc12. The molecular weight excluding hydrogens is 394 g/mol. The summed E-state index contributed by atoms with van der Waals surface area (Å²) < 4.78 is 10.7. The van der Waals surface area contributed by atoms with Crippen LogP contribution in [0.5, 0.6) is 5.75 Å². The Kier molecular flexibility index (Phi) is 5.93. The van der Waals surface area contributed by atoms with E-state index in [1.54, 1.807) is 48.7 Å². The summed E-state index contributed by atoms with van der Waals surface area (Å²) in [4.78, 5) is 32.0. The summed E-state index contributed by atoms with van der Waals surface area (Å²) in [6, 6.07) is 19.7. The molecule has 0 unspecified atom stereocenters. The number of rotatable bonds is 7. The van der Waals surface area contributed by atoms with Gasteiger partial charge in [0.05, 0.1) is 36.7 Å². The van der Waals surface area contributed by atoms with Crippen molar-refractivity contribution in [1.29, 1.82) is 0 Å². The van der Waals surface area contributed by atoms with Crippen LogP contribution in [-0.4, -0.2) is 35.4 Å². The minimum Gasteiger partial charge on any atom is -0.495 e. The van der Waals surface area contributed by atoms with E-state index in [0.29, 0.717) is 28.3 Å². The van der Waals surface area contributed by atoms with Crippen LogP contribution in [0, 0.1) is 0 Å².